The Labute approximate surface area is 184 Å². The van der Waals surface area contributed by atoms with Crippen LogP contribution in [-0.4, -0.2) is 32.8 Å². The molecule has 0 aliphatic heterocycles. The number of methoxy groups -OCH3 is 1. The Bertz CT molecular complexity index is 761. The van der Waals surface area contributed by atoms with Crippen LogP contribution in [0.15, 0.2) is 53.5 Å². The number of rotatable bonds is 6. The second-order valence-electron chi connectivity index (χ2n) is 6.43. The second-order valence-corrected chi connectivity index (χ2v) is 6.43. The van der Waals surface area contributed by atoms with Gasteiger partial charge in [0.2, 0.25) is 0 Å². The van der Waals surface area contributed by atoms with Crippen LogP contribution >= 0.6 is 24.0 Å². The Morgan fingerprint density at radius 3 is 2.29 bits per heavy atom. The van der Waals surface area contributed by atoms with Crippen molar-refractivity contribution in [2.45, 2.75) is 26.3 Å². The lowest BCUT2D eigenvalue weighted by atomic mass is 10.0. The Balaban J connectivity index is 0.00000392. The van der Waals surface area contributed by atoms with Crippen LogP contribution in [0.1, 0.15) is 29.5 Å². The molecule has 0 saturated heterocycles. The number of hydrogen-bond donors (Lipinski definition) is 3. The Hall–Kier alpha value is -2.29. The number of ether oxygens (including phenoxy) is 1. The summed E-state index contributed by atoms with van der Waals surface area (Å²) in [6.45, 7) is 5.72. The molecule has 0 fully saturated rings. The van der Waals surface area contributed by atoms with Crippen LogP contribution in [0.25, 0.3) is 0 Å². The van der Waals surface area contributed by atoms with E-state index in [4.69, 9.17) is 0 Å². The average Bonchev–Trinajstić information content (AvgIpc) is 2.69. The summed E-state index contributed by atoms with van der Waals surface area (Å²) in [5.41, 5.74) is 4.35. The highest BCUT2D eigenvalue weighted by Gasteiger charge is 2.07. The summed E-state index contributed by atoms with van der Waals surface area (Å²) < 4.78 is 4.58. The fourth-order valence-corrected chi connectivity index (χ4v) is 2.54. The van der Waals surface area contributed by atoms with Gasteiger partial charge in [-0.25, -0.2) is 4.79 Å². The number of aliphatic imine (C=N–C) groups is 1. The van der Waals surface area contributed by atoms with Gasteiger partial charge in [0.05, 0.1) is 7.11 Å². The number of hydrogen-bond acceptors (Lipinski definition) is 3. The fraction of sp³-hybridized carbons (Fsp3) is 0.333. The first-order valence-corrected chi connectivity index (χ1v) is 8.96. The Kier molecular flexibility index (Phi) is 10.4. The summed E-state index contributed by atoms with van der Waals surface area (Å²) in [6.07, 6.45) is -0.479. The standard InChI is InChI=1S/C21H28N4O2.HI/c1-15-5-9-18(10-6-15)16(2)13-23-20(22-3)24-14-17-7-11-19(12-8-17)25-21(26)27-4;/h5-12,16H,13-14H2,1-4H3,(H,25,26)(H2,22,23,24);1H. The Morgan fingerprint density at radius 2 is 1.71 bits per heavy atom. The number of anilines is 1. The lowest BCUT2D eigenvalue weighted by Crippen LogP contribution is -2.38. The van der Waals surface area contributed by atoms with E-state index in [-0.39, 0.29) is 24.0 Å². The molecule has 1 amide bonds. The largest absolute Gasteiger partial charge is 0.453 e. The van der Waals surface area contributed by atoms with Gasteiger partial charge in [-0.1, -0.05) is 48.9 Å². The van der Waals surface area contributed by atoms with Crippen molar-refractivity contribution in [3.05, 3.63) is 65.2 Å². The van der Waals surface area contributed by atoms with Crippen LogP contribution in [0.5, 0.6) is 0 Å². The van der Waals surface area contributed by atoms with E-state index in [0.29, 0.717) is 18.2 Å². The van der Waals surface area contributed by atoms with Crippen LogP contribution in [0.4, 0.5) is 10.5 Å². The summed E-state index contributed by atoms with van der Waals surface area (Å²) in [6, 6.07) is 16.2. The zero-order chi connectivity index (χ0) is 19.6. The zero-order valence-electron chi connectivity index (χ0n) is 16.8. The van der Waals surface area contributed by atoms with E-state index >= 15 is 0 Å². The minimum atomic E-state index is -0.479. The molecule has 0 aromatic heterocycles. The molecule has 2 aromatic rings. The molecule has 3 N–H and O–H groups in total. The highest BCUT2D eigenvalue weighted by atomic mass is 127. The number of carbonyl (C=O) groups excluding carboxylic acids is 1. The van der Waals surface area contributed by atoms with Crippen molar-refractivity contribution in [2.75, 3.05) is 26.0 Å². The first-order chi connectivity index (χ1) is 13.0. The number of aryl methyl sites for hydroxylation is 1. The summed E-state index contributed by atoms with van der Waals surface area (Å²) in [7, 11) is 3.10. The van der Waals surface area contributed by atoms with E-state index in [2.05, 4.69) is 63.8 Å². The molecule has 6 nitrogen and oxygen atoms in total. The van der Waals surface area contributed by atoms with Crippen molar-refractivity contribution in [2.24, 2.45) is 4.99 Å². The van der Waals surface area contributed by atoms with Crippen LogP contribution in [0.2, 0.25) is 0 Å². The molecule has 1 atom stereocenters. The summed E-state index contributed by atoms with van der Waals surface area (Å²) in [5, 5.41) is 9.29. The quantitative estimate of drug-likeness (QED) is 0.318. The van der Waals surface area contributed by atoms with Gasteiger partial charge in [0, 0.05) is 25.8 Å². The van der Waals surface area contributed by atoms with Gasteiger partial charge < -0.3 is 15.4 Å². The fourth-order valence-electron chi connectivity index (χ4n) is 2.54. The maximum absolute atomic E-state index is 11.2. The first kappa shape index (κ1) is 23.7. The third-order valence-corrected chi connectivity index (χ3v) is 4.29. The molecule has 0 spiro atoms. The number of carbonyl (C=O) groups is 1. The maximum atomic E-state index is 11.2. The van der Waals surface area contributed by atoms with Gasteiger partial charge in [-0.15, -0.1) is 24.0 Å². The topological polar surface area (TPSA) is 74.8 Å². The highest BCUT2D eigenvalue weighted by molar-refractivity contribution is 14.0. The molecule has 0 aliphatic rings. The van der Waals surface area contributed by atoms with Crippen LogP contribution < -0.4 is 16.0 Å². The molecular formula is C21H29IN4O2. The minimum absolute atomic E-state index is 0. The van der Waals surface area contributed by atoms with Crippen molar-refractivity contribution in [1.82, 2.24) is 10.6 Å². The number of amides is 1. The number of nitrogens with one attached hydrogen (secondary N) is 3. The van der Waals surface area contributed by atoms with E-state index in [1.807, 2.05) is 24.3 Å². The van der Waals surface area contributed by atoms with Gasteiger partial charge in [0.15, 0.2) is 5.96 Å². The van der Waals surface area contributed by atoms with Crippen molar-refractivity contribution in [3.8, 4) is 0 Å². The van der Waals surface area contributed by atoms with Gasteiger partial charge in [-0.2, -0.15) is 0 Å². The molecule has 0 radical (unpaired) electrons. The lowest BCUT2D eigenvalue weighted by Gasteiger charge is -2.17. The van der Waals surface area contributed by atoms with E-state index in [9.17, 15) is 4.79 Å². The SMILES string of the molecule is CN=C(NCc1ccc(NC(=O)OC)cc1)NCC(C)c1ccc(C)cc1.I. The maximum Gasteiger partial charge on any atom is 0.411 e. The molecule has 2 aromatic carbocycles. The molecule has 0 aliphatic carbocycles. The minimum Gasteiger partial charge on any atom is -0.453 e. The molecule has 28 heavy (non-hydrogen) atoms. The number of benzene rings is 2. The van der Waals surface area contributed by atoms with E-state index in [1.54, 1.807) is 7.05 Å². The zero-order valence-corrected chi connectivity index (χ0v) is 19.1. The molecule has 0 heterocycles. The van der Waals surface area contributed by atoms with Crippen LogP contribution in [-0.2, 0) is 11.3 Å². The summed E-state index contributed by atoms with van der Waals surface area (Å²) >= 11 is 0. The molecule has 2 rings (SSSR count). The van der Waals surface area contributed by atoms with Crippen LogP contribution in [0, 0.1) is 6.92 Å². The summed E-state index contributed by atoms with van der Waals surface area (Å²) in [5.74, 6) is 1.14. The summed E-state index contributed by atoms with van der Waals surface area (Å²) in [4.78, 5) is 15.5. The van der Waals surface area contributed by atoms with Gasteiger partial charge in [0.1, 0.15) is 0 Å². The third kappa shape index (κ3) is 7.75. The van der Waals surface area contributed by atoms with Gasteiger partial charge in [0.25, 0.3) is 0 Å². The molecule has 0 bridgehead atoms. The van der Waals surface area contributed by atoms with Crippen molar-refractivity contribution < 1.29 is 9.53 Å². The molecule has 0 saturated carbocycles. The number of nitrogens with zero attached hydrogens (tertiary/aromatic N) is 1. The number of guanidine groups is 1. The smallest absolute Gasteiger partial charge is 0.411 e. The predicted octanol–water partition coefficient (Wildman–Crippen LogP) is 4.26. The van der Waals surface area contributed by atoms with Gasteiger partial charge in [-0.3, -0.25) is 10.3 Å². The average molecular weight is 496 g/mol. The van der Waals surface area contributed by atoms with Gasteiger partial charge >= 0.3 is 6.09 Å². The normalized spacial score (nSPS) is 11.8. The van der Waals surface area contributed by atoms with E-state index in [0.717, 1.165) is 18.1 Å². The third-order valence-electron chi connectivity index (χ3n) is 4.29. The van der Waals surface area contributed by atoms with Crippen LogP contribution in [0.3, 0.4) is 0 Å². The van der Waals surface area contributed by atoms with Crippen molar-refractivity contribution in [3.63, 3.8) is 0 Å². The monoisotopic (exact) mass is 496 g/mol. The molecule has 152 valence electrons. The highest BCUT2D eigenvalue weighted by Crippen LogP contribution is 2.14. The van der Waals surface area contributed by atoms with Crippen molar-refractivity contribution in [1.29, 1.82) is 0 Å². The molecule has 7 heteroatoms. The second kappa shape index (κ2) is 12.2. The first-order valence-electron chi connectivity index (χ1n) is 8.96. The van der Waals surface area contributed by atoms with E-state index < -0.39 is 6.09 Å². The Morgan fingerprint density at radius 1 is 1.07 bits per heavy atom. The van der Waals surface area contributed by atoms with Crippen molar-refractivity contribution >= 4 is 41.7 Å². The molecule has 1 unspecified atom stereocenters. The molecular weight excluding hydrogens is 467 g/mol. The van der Waals surface area contributed by atoms with Gasteiger partial charge in [-0.05, 0) is 36.1 Å². The lowest BCUT2D eigenvalue weighted by molar-refractivity contribution is 0.187. The number of halogens is 1. The van der Waals surface area contributed by atoms with E-state index in [1.165, 1.54) is 18.2 Å². The predicted molar refractivity (Wildman–Crippen MR) is 126 cm³/mol.